The number of phosphoric ester groups is 1. The number of rotatable bonds is 40. The van der Waals surface area contributed by atoms with Crippen molar-refractivity contribution < 1.29 is 42.1 Å². The molecule has 0 aromatic rings. The molecule has 0 rings (SSSR count). The van der Waals surface area contributed by atoms with E-state index in [1.54, 1.807) is 0 Å². The highest BCUT2D eigenvalue weighted by molar-refractivity contribution is 7.45. The molecule has 0 aliphatic heterocycles. The van der Waals surface area contributed by atoms with Gasteiger partial charge in [0.15, 0.2) is 6.10 Å². The number of hydrogen-bond acceptors (Lipinski definition) is 8. The molecule has 0 radical (unpaired) electrons. The molecule has 0 saturated carbocycles. The number of quaternary nitrogens is 1. The first-order valence-corrected chi connectivity index (χ1v) is 23.5. The van der Waals surface area contributed by atoms with Crippen LogP contribution in [0.1, 0.15) is 194 Å². The highest BCUT2D eigenvalue weighted by Crippen LogP contribution is 2.38. The van der Waals surface area contributed by atoms with E-state index in [9.17, 15) is 19.0 Å². The van der Waals surface area contributed by atoms with E-state index in [1.165, 1.54) is 89.9 Å². The van der Waals surface area contributed by atoms with Gasteiger partial charge in [-0.1, -0.05) is 141 Å². The van der Waals surface area contributed by atoms with Gasteiger partial charge in [0.05, 0.1) is 27.7 Å². The fourth-order valence-corrected chi connectivity index (χ4v) is 6.67. The van der Waals surface area contributed by atoms with E-state index >= 15 is 0 Å². The third-order valence-electron chi connectivity index (χ3n) is 9.44. The number of carbonyl (C=O) groups is 2. The molecule has 0 N–H and O–H groups in total. The zero-order chi connectivity index (χ0) is 40.0. The Bertz CT molecular complexity index is 980. The van der Waals surface area contributed by atoms with Crippen LogP contribution >= 0.6 is 7.82 Å². The summed E-state index contributed by atoms with van der Waals surface area (Å²) in [5.41, 5.74) is 0. The van der Waals surface area contributed by atoms with Crippen LogP contribution < -0.4 is 4.89 Å². The molecule has 0 saturated heterocycles. The Morgan fingerprint density at radius 1 is 0.556 bits per heavy atom. The average Bonchev–Trinajstić information content (AvgIpc) is 3.12. The topological polar surface area (TPSA) is 111 Å². The van der Waals surface area contributed by atoms with Gasteiger partial charge in [0, 0.05) is 12.8 Å². The zero-order valence-electron chi connectivity index (χ0n) is 35.7. The number of allylic oxidation sites excluding steroid dienone is 4. The smallest absolute Gasteiger partial charge is 0.306 e. The Morgan fingerprint density at radius 2 is 0.944 bits per heavy atom. The molecule has 0 aliphatic rings. The van der Waals surface area contributed by atoms with Gasteiger partial charge in [0.25, 0.3) is 7.82 Å². The molecule has 0 aromatic heterocycles. The lowest BCUT2D eigenvalue weighted by Gasteiger charge is -2.28. The molecule has 0 amide bonds. The van der Waals surface area contributed by atoms with Crippen LogP contribution in [0.25, 0.3) is 0 Å². The van der Waals surface area contributed by atoms with Gasteiger partial charge < -0.3 is 27.9 Å². The normalized spacial score (nSPS) is 13.8. The Labute approximate surface area is 332 Å². The molecular formula is C44H84NO8P. The van der Waals surface area contributed by atoms with Gasteiger partial charge in [0.2, 0.25) is 0 Å². The van der Waals surface area contributed by atoms with E-state index in [0.29, 0.717) is 23.9 Å². The van der Waals surface area contributed by atoms with Gasteiger partial charge in [-0.2, -0.15) is 0 Å². The molecule has 0 aliphatic carbocycles. The SMILES string of the molecule is CCCCCCCCC/C=C/CCCCCCC(=O)OCC(COP(=O)([O-])OCC[N+](C)(C)C)OC(=O)CCCCCC/C=C/CCCCCCCCC. The summed E-state index contributed by atoms with van der Waals surface area (Å²) in [6.45, 7) is 4.20. The van der Waals surface area contributed by atoms with Crippen molar-refractivity contribution in [1.29, 1.82) is 0 Å². The number of esters is 2. The van der Waals surface area contributed by atoms with Gasteiger partial charge in [-0.3, -0.25) is 14.2 Å². The Hall–Kier alpha value is -1.51. The first-order valence-electron chi connectivity index (χ1n) is 22.0. The van der Waals surface area contributed by atoms with Crippen LogP contribution in [0.4, 0.5) is 0 Å². The minimum atomic E-state index is -4.63. The third-order valence-corrected chi connectivity index (χ3v) is 10.4. The predicted molar refractivity (Wildman–Crippen MR) is 222 cm³/mol. The average molecular weight is 786 g/mol. The number of likely N-dealkylation sites (N-methyl/N-ethyl adjacent to an activating group) is 1. The molecule has 0 heterocycles. The standard InChI is InChI=1S/C44H84NO8P/c1-6-8-10-12-14-16-18-20-22-24-26-28-30-32-34-36-43(46)50-40-42(41-52-54(48,49)51-39-38-45(3,4)5)53-44(47)37-35-33-31-29-27-25-23-21-19-17-15-13-11-9-7-2/h22-25,42H,6-21,26-41H2,1-5H3/b24-22+,25-23+. The highest BCUT2D eigenvalue weighted by atomic mass is 31.2. The molecule has 2 atom stereocenters. The van der Waals surface area contributed by atoms with Crippen molar-refractivity contribution in [3.05, 3.63) is 24.3 Å². The van der Waals surface area contributed by atoms with Crippen LogP contribution in [0.2, 0.25) is 0 Å². The summed E-state index contributed by atoms with van der Waals surface area (Å²) in [5, 5.41) is 0. The van der Waals surface area contributed by atoms with E-state index in [1.807, 2.05) is 21.1 Å². The molecule has 0 fully saturated rings. The summed E-state index contributed by atoms with van der Waals surface area (Å²) in [7, 11) is 1.16. The monoisotopic (exact) mass is 786 g/mol. The van der Waals surface area contributed by atoms with Gasteiger partial charge in [-0.25, -0.2) is 0 Å². The van der Waals surface area contributed by atoms with Crippen LogP contribution in [0, 0.1) is 0 Å². The van der Waals surface area contributed by atoms with Crippen LogP contribution in [-0.2, 0) is 32.7 Å². The molecule has 0 aromatic carbocycles. The Balaban J connectivity index is 4.39. The van der Waals surface area contributed by atoms with E-state index in [4.69, 9.17) is 18.5 Å². The first-order chi connectivity index (χ1) is 26.0. The fraction of sp³-hybridized carbons (Fsp3) is 0.864. The summed E-state index contributed by atoms with van der Waals surface area (Å²) in [5.74, 6) is -0.857. The van der Waals surface area contributed by atoms with Crippen molar-refractivity contribution in [2.75, 3.05) is 47.5 Å². The number of hydrogen-bond donors (Lipinski definition) is 0. The highest BCUT2D eigenvalue weighted by Gasteiger charge is 2.21. The fourth-order valence-electron chi connectivity index (χ4n) is 5.94. The molecule has 2 unspecified atom stereocenters. The van der Waals surface area contributed by atoms with E-state index in [-0.39, 0.29) is 26.1 Å². The van der Waals surface area contributed by atoms with Crippen molar-refractivity contribution >= 4 is 19.8 Å². The summed E-state index contributed by atoms with van der Waals surface area (Å²) < 4.78 is 33.9. The van der Waals surface area contributed by atoms with Crippen molar-refractivity contribution in [3.63, 3.8) is 0 Å². The van der Waals surface area contributed by atoms with Crippen molar-refractivity contribution in [2.24, 2.45) is 0 Å². The van der Waals surface area contributed by atoms with E-state index in [2.05, 4.69) is 38.2 Å². The summed E-state index contributed by atoms with van der Waals surface area (Å²) in [4.78, 5) is 37.5. The molecule has 10 heteroatoms. The number of nitrogens with zero attached hydrogens (tertiary/aromatic N) is 1. The van der Waals surface area contributed by atoms with Crippen molar-refractivity contribution in [1.82, 2.24) is 0 Å². The van der Waals surface area contributed by atoms with Gasteiger partial charge >= 0.3 is 11.9 Å². The summed E-state index contributed by atoms with van der Waals surface area (Å²) in [6.07, 6.45) is 39.1. The minimum Gasteiger partial charge on any atom is -0.756 e. The lowest BCUT2D eigenvalue weighted by molar-refractivity contribution is -0.870. The molecule has 54 heavy (non-hydrogen) atoms. The third kappa shape index (κ3) is 40.2. The number of carbonyl (C=O) groups excluding carboxylic acids is 2. The minimum absolute atomic E-state index is 0.0335. The summed E-state index contributed by atoms with van der Waals surface area (Å²) in [6, 6.07) is 0. The zero-order valence-corrected chi connectivity index (χ0v) is 36.6. The number of phosphoric acid groups is 1. The second-order valence-corrected chi connectivity index (χ2v) is 17.5. The molecule has 318 valence electrons. The van der Waals surface area contributed by atoms with Crippen LogP contribution in [0.3, 0.4) is 0 Å². The molecule has 0 bridgehead atoms. The maximum atomic E-state index is 12.7. The van der Waals surface area contributed by atoms with Crippen molar-refractivity contribution in [3.8, 4) is 0 Å². The second-order valence-electron chi connectivity index (χ2n) is 16.1. The van der Waals surface area contributed by atoms with Crippen molar-refractivity contribution in [2.45, 2.75) is 200 Å². The van der Waals surface area contributed by atoms with Crippen LogP contribution in [0.5, 0.6) is 0 Å². The lowest BCUT2D eigenvalue weighted by atomic mass is 10.1. The lowest BCUT2D eigenvalue weighted by Crippen LogP contribution is -2.37. The second kappa shape index (κ2) is 37.1. The van der Waals surface area contributed by atoms with Gasteiger partial charge in [0.1, 0.15) is 19.8 Å². The largest absolute Gasteiger partial charge is 0.756 e. The maximum absolute atomic E-state index is 12.7. The van der Waals surface area contributed by atoms with E-state index < -0.39 is 32.5 Å². The number of ether oxygens (including phenoxy) is 2. The molecular weight excluding hydrogens is 701 g/mol. The van der Waals surface area contributed by atoms with Gasteiger partial charge in [-0.05, 0) is 64.2 Å². The maximum Gasteiger partial charge on any atom is 0.306 e. The van der Waals surface area contributed by atoms with Crippen LogP contribution in [0.15, 0.2) is 24.3 Å². The predicted octanol–water partition coefficient (Wildman–Crippen LogP) is 11.7. The Kier molecular flexibility index (Phi) is 36.1. The van der Waals surface area contributed by atoms with Gasteiger partial charge in [-0.15, -0.1) is 0 Å². The molecule has 0 spiro atoms. The Morgan fingerprint density at radius 3 is 1.37 bits per heavy atom. The number of unbranched alkanes of at least 4 members (excludes halogenated alkanes) is 22. The van der Waals surface area contributed by atoms with E-state index in [0.717, 1.165) is 64.2 Å². The summed E-state index contributed by atoms with van der Waals surface area (Å²) >= 11 is 0. The van der Waals surface area contributed by atoms with Crippen LogP contribution in [-0.4, -0.2) is 70.0 Å². The molecule has 9 nitrogen and oxygen atoms in total. The quantitative estimate of drug-likeness (QED) is 0.0198. The first kappa shape index (κ1) is 52.5.